The molecule has 2 aromatic rings. The molecule has 0 saturated heterocycles. The first-order valence-corrected chi connectivity index (χ1v) is 7.85. The van der Waals surface area contributed by atoms with Gasteiger partial charge in [-0.25, -0.2) is 0 Å². The highest BCUT2D eigenvalue weighted by Gasteiger charge is 2.21. The number of anilines is 1. The summed E-state index contributed by atoms with van der Waals surface area (Å²) in [5, 5.41) is 8.43. The molecular formula is C16H18N2OS. The van der Waals surface area contributed by atoms with Crippen molar-refractivity contribution in [2.75, 3.05) is 11.9 Å². The molecule has 0 fully saturated rings. The van der Waals surface area contributed by atoms with Crippen LogP contribution in [0.15, 0.2) is 41.8 Å². The summed E-state index contributed by atoms with van der Waals surface area (Å²) in [6.45, 7) is 0.356. The summed E-state index contributed by atoms with van der Waals surface area (Å²) in [6.07, 6.45) is 3.50. The van der Waals surface area contributed by atoms with Crippen molar-refractivity contribution in [2.24, 2.45) is 0 Å². The minimum atomic E-state index is 0.0125. The van der Waals surface area contributed by atoms with Crippen LogP contribution in [0, 0.1) is 0 Å². The fourth-order valence-electron chi connectivity index (χ4n) is 2.64. The first kappa shape index (κ1) is 13.3. The number of hydrogen-bond acceptors (Lipinski definition) is 3. The average molecular weight is 286 g/mol. The summed E-state index contributed by atoms with van der Waals surface area (Å²) in [5.74, 6) is 0.0125. The van der Waals surface area contributed by atoms with E-state index in [0.717, 1.165) is 12.1 Å². The van der Waals surface area contributed by atoms with Gasteiger partial charge in [-0.2, -0.15) is 0 Å². The van der Waals surface area contributed by atoms with Gasteiger partial charge in [-0.05, 0) is 48.4 Å². The second-order valence-corrected chi connectivity index (χ2v) is 6.04. The summed E-state index contributed by atoms with van der Waals surface area (Å²) in [4.78, 5) is 13.4. The lowest BCUT2D eigenvalue weighted by Crippen LogP contribution is -2.32. The van der Waals surface area contributed by atoms with Gasteiger partial charge in [-0.15, -0.1) is 11.3 Å². The lowest BCUT2D eigenvalue weighted by molar-refractivity contribution is -0.115. The SMILES string of the molecule is O=C(CNC1CCCc2sccc21)Nc1ccccc1. The molecule has 2 N–H and O–H groups in total. The van der Waals surface area contributed by atoms with Crippen LogP contribution in [0.5, 0.6) is 0 Å². The number of nitrogens with one attached hydrogen (secondary N) is 2. The Morgan fingerprint density at radius 3 is 2.95 bits per heavy atom. The van der Waals surface area contributed by atoms with Crippen molar-refractivity contribution in [3.8, 4) is 0 Å². The van der Waals surface area contributed by atoms with Crippen LogP contribution in [0.1, 0.15) is 29.3 Å². The van der Waals surface area contributed by atoms with E-state index in [4.69, 9.17) is 0 Å². The molecule has 3 rings (SSSR count). The van der Waals surface area contributed by atoms with E-state index in [1.165, 1.54) is 23.3 Å². The number of hydrogen-bond donors (Lipinski definition) is 2. The van der Waals surface area contributed by atoms with Crippen LogP contribution in [0.3, 0.4) is 0 Å². The molecule has 1 aliphatic rings. The van der Waals surface area contributed by atoms with E-state index in [9.17, 15) is 4.79 Å². The Morgan fingerprint density at radius 1 is 1.25 bits per heavy atom. The molecule has 0 bridgehead atoms. The highest BCUT2D eigenvalue weighted by Crippen LogP contribution is 2.32. The van der Waals surface area contributed by atoms with Gasteiger partial charge in [-0.3, -0.25) is 4.79 Å². The van der Waals surface area contributed by atoms with E-state index < -0.39 is 0 Å². The summed E-state index contributed by atoms with van der Waals surface area (Å²) in [7, 11) is 0. The second-order valence-electron chi connectivity index (χ2n) is 5.04. The molecule has 1 unspecified atom stereocenters. The van der Waals surface area contributed by atoms with Crippen molar-refractivity contribution >= 4 is 22.9 Å². The Kier molecular flexibility index (Phi) is 4.14. The van der Waals surface area contributed by atoms with Gasteiger partial charge < -0.3 is 10.6 Å². The first-order valence-electron chi connectivity index (χ1n) is 6.97. The average Bonchev–Trinajstić information content (AvgIpc) is 2.95. The molecule has 0 spiro atoms. The maximum Gasteiger partial charge on any atom is 0.238 e. The van der Waals surface area contributed by atoms with Gasteiger partial charge in [-0.1, -0.05) is 18.2 Å². The minimum Gasteiger partial charge on any atom is -0.325 e. The molecule has 1 aromatic carbocycles. The van der Waals surface area contributed by atoms with Gasteiger partial charge in [0.15, 0.2) is 0 Å². The molecule has 4 heteroatoms. The lowest BCUT2D eigenvalue weighted by atomic mass is 9.94. The maximum absolute atomic E-state index is 11.9. The van der Waals surface area contributed by atoms with Gasteiger partial charge in [0.1, 0.15) is 0 Å². The molecule has 1 atom stereocenters. The number of para-hydroxylation sites is 1. The summed E-state index contributed by atoms with van der Waals surface area (Å²) < 4.78 is 0. The number of aryl methyl sites for hydroxylation is 1. The predicted molar refractivity (Wildman–Crippen MR) is 83.1 cm³/mol. The van der Waals surface area contributed by atoms with Crippen molar-refractivity contribution in [1.82, 2.24) is 5.32 Å². The number of rotatable bonds is 4. The standard InChI is InChI=1S/C16H18N2OS/c19-16(18-12-5-2-1-3-6-12)11-17-14-7-4-8-15-13(14)9-10-20-15/h1-3,5-6,9-10,14,17H,4,7-8,11H2,(H,18,19). The third-order valence-electron chi connectivity index (χ3n) is 3.62. The number of amides is 1. The summed E-state index contributed by atoms with van der Waals surface area (Å²) >= 11 is 1.83. The molecule has 1 heterocycles. The van der Waals surface area contributed by atoms with E-state index in [0.29, 0.717) is 12.6 Å². The highest BCUT2D eigenvalue weighted by molar-refractivity contribution is 7.10. The van der Waals surface area contributed by atoms with E-state index in [2.05, 4.69) is 22.1 Å². The molecule has 104 valence electrons. The van der Waals surface area contributed by atoms with Gasteiger partial charge in [0.25, 0.3) is 0 Å². The van der Waals surface area contributed by atoms with Crippen LogP contribution in [0.2, 0.25) is 0 Å². The second kappa shape index (κ2) is 6.20. The van der Waals surface area contributed by atoms with Crippen molar-refractivity contribution in [2.45, 2.75) is 25.3 Å². The number of fused-ring (bicyclic) bond motifs is 1. The number of benzene rings is 1. The molecule has 0 saturated carbocycles. The zero-order chi connectivity index (χ0) is 13.8. The number of carbonyl (C=O) groups is 1. The van der Waals surface area contributed by atoms with Crippen LogP contribution in [-0.2, 0) is 11.2 Å². The van der Waals surface area contributed by atoms with Gasteiger partial charge in [0.05, 0.1) is 6.54 Å². The zero-order valence-corrected chi connectivity index (χ0v) is 12.1. The summed E-state index contributed by atoms with van der Waals surface area (Å²) in [6, 6.07) is 12.1. The smallest absolute Gasteiger partial charge is 0.238 e. The quantitative estimate of drug-likeness (QED) is 0.905. The monoisotopic (exact) mass is 286 g/mol. The van der Waals surface area contributed by atoms with Gasteiger partial charge in [0.2, 0.25) is 5.91 Å². The van der Waals surface area contributed by atoms with Crippen LogP contribution < -0.4 is 10.6 Å². The van der Waals surface area contributed by atoms with Gasteiger partial charge in [0, 0.05) is 16.6 Å². The highest BCUT2D eigenvalue weighted by atomic mass is 32.1. The Hall–Kier alpha value is -1.65. The van der Waals surface area contributed by atoms with E-state index in [-0.39, 0.29) is 5.91 Å². The van der Waals surface area contributed by atoms with Crippen molar-refractivity contribution in [3.63, 3.8) is 0 Å². The van der Waals surface area contributed by atoms with Crippen molar-refractivity contribution < 1.29 is 4.79 Å². The molecule has 0 aliphatic heterocycles. The topological polar surface area (TPSA) is 41.1 Å². The number of carbonyl (C=O) groups excluding carboxylic acids is 1. The normalized spacial score (nSPS) is 17.5. The molecule has 1 amide bonds. The molecule has 1 aliphatic carbocycles. The number of thiophene rings is 1. The summed E-state index contributed by atoms with van der Waals surface area (Å²) in [5.41, 5.74) is 2.23. The first-order chi connectivity index (χ1) is 9.83. The van der Waals surface area contributed by atoms with E-state index in [1.807, 2.05) is 41.7 Å². The fraction of sp³-hybridized carbons (Fsp3) is 0.312. The minimum absolute atomic E-state index is 0.0125. The van der Waals surface area contributed by atoms with Crippen molar-refractivity contribution in [3.05, 3.63) is 52.2 Å². The molecule has 20 heavy (non-hydrogen) atoms. The van der Waals surface area contributed by atoms with E-state index >= 15 is 0 Å². The largest absolute Gasteiger partial charge is 0.325 e. The molecule has 0 radical (unpaired) electrons. The zero-order valence-electron chi connectivity index (χ0n) is 11.3. The lowest BCUT2D eigenvalue weighted by Gasteiger charge is -2.23. The Bertz CT molecular complexity index is 579. The molecular weight excluding hydrogens is 268 g/mol. The van der Waals surface area contributed by atoms with Crippen LogP contribution in [0.4, 0.5) is 5.69 Å². The fourth-order valence-corrected chi connectivity index (χ4v) is 3.63. The van der Waals surface area contributed by atoms with Gasteiger partial charge >= 0.3 is 0 Å². The Balaban J connectivity index is 1.54. The van der Waals surface area contributed by atoms with Crippen LogP contribution >= 0.6 is 11.3 Å². The molecule has 3 nitrogen and oxygen atoms in total. The third kappa shape index (κ3) is 3.08. The Labute approximate surface area is 123 Å². The third-order valence-corrected chi connectivity index (χ3v) is 4.62. The van der Waals surface area contributed by atoms with Crippen LogP contribution in [0.25, 0.3) is 0 Å². The maximum atomic E-state index is 11.9. The van der Waals surface area contributed by atoms with Crippen molar-refractivity contribution in [1.29, 1.82) is 0 Å². The van der Waals surface area contributed by atoms with Crippen LogP contribution in [-0.4, -0.2) is 12.5 Å². The predicted octanol–water partition coefficient (Wildman–Crippen LogP) is 3.35. The van der Waals surface area contributed by atoms with E-state index in [1.54, 1.807) is 0 Å². The molecule has 1 aromatic heterocycles. The Morgan fingerprint density at radius 2 is 2.10 bits per heavy atom.